The maximum absolute atomic E-state index is 12.8. The molecule has 2 aromatic heterocycles. The van der Waals surface area contributed by atoms with E-state index >= 15 is 0 Å². The van der Waals surface area contributed by atoms with Crippen molar-refractivity contribution in [2.75, 3.05) is 0 Å². The number of rotatable bonds is 3. The minimum atomic E-state index is -4.76. The second-order valence-corrected chi connectivity index (χ2v) is 5.31. The summed E-state index contributed by atoms with van der Waals surface area (Å²) in [5.41, 5.74) is 0.267. The first-order valence-electron chi connectivity index (χ1n) is 7.05. The molecule has 2 heterocycles. The second-order valence-electron chi connectivity index (χ2n) is 5.31. The van der Waals surface area contributed by atoms with E-state index in [1.807, 2.05) is 0 Å². The molecule has 6 nitrogen and oxygen atoms in total. The highest BCUT2D eigenvalue weighted by Gasteiger charge is 2.37. The Balaban J connectivity index is 2.10. The Kier molecular flexibility index (Phi) is 3.88. The molecule has 0 fully saturated rings. The van der Waals surface area contributed by atoms with Gasteiger partial charge in [-0.3, -0.25) is 4.79 Å². The number of aryl methyl sites for hydroxylation is 1. The van der Waals surface area contributed by atoms with Gasteiger partial charge in [0.15, 0.2) is 0 Å². The van der Waals surface area contributed by atoms with Gasteiger partial charge in [0.2, 0.25) is 5.78 Å². The highest BCUT2D eigenvalue weighted by molar-refractivity contribution is 5.32. The molecule has 0 aliphatic heterocycles. The van der Waals surface area contributed by atoms with Crippen LogP contribution >= 0.6 is 0 Å². The van der Waals surface area contributed by atoms with Gasteiger partial charge in [0.25, 0.3) is 11.4 Å². The van der Waals surface area contributed by atoms with E-state index in [0.717, 1.165) is 6.07 Å². The Bertz CT molecular complexity index is 932. The number of hydrogen-bond donors (Lipinski definition) is 1. The van der Waals surface area contributed by atoms with Gasteiger partial charge in [-0.05, 0) is 12.5 Å². The van der Waals surface area contributed by atoms with Crippen LogP contribution in [0.2, 0.25) is 0 Å². The fourth-order valence-electron chi connectivity index (χ4n) is 2.40. The molecule has 0 saturated heterocycles. The van der Waals surface area contributed by atoms with E-state index in [4.69, 9.17) is 0 Å². The van der Waals surface area contributed by atoms with Gasteiger partial charge in [-0.1, -0.05) is 30.3 Å². The molecule has 3 aromatic rings. The minimum Gasteiger partial charge on any atom is -0.387 e. The molecule has 1 N–H and O–H groups in total. The zero-order valence-electron chi connectivity index (χ0n) is 12.5. The molecule has 1 unspecified atom stereocenters. The van der Waals surface area contributed by atoms with Crippen LogP contribution in [0.25, 0.3) is 5.78 Å². The van der Waals surface area contributed by atoms with Crippen LogP contribution in [0.3, 0.4) is 0 Å². The molecule has 9 heteroatoms. The number of halogens is 3. The lowest BCUT2D eigenvalue weighted by Gasteiger charge is -2.16. The fourth-order valence-corrected chi connectivity index (χ4v) is 2.40. The van der Waals surface area contributed by atoms with Crippen molar-refractivity contribution in [1.82, 2.24) is 19.2 Å². The summed E-state index contributed by atoms with van der Waals surface area (Å²) in [6.07, 6.45) is -5.73. The standard InChI is InChI=1S/C15H13F3N4O2/c1-9-7-12(24)22-14(19-13(20-22)15(16,17)18)21(9)8-11(23)10-5-3-2-4-6-10/h2-7,11,23H,8H2,1H3. The number of benzene rings is 1. The predicted octanol–water partition coefficient (Wildman–Crippen LogP) is 1.95. The van der Waals surface area contributed by atoms with Crippen LogP contribution in [0.1, 0.15) is 23.2 Å². The van der Waals surface area contributed by atoms with E-state index in [-0.39, 0.29) is 12.3 Å². The normalized spacial score (nSPS) is 13.4. The highest BCUT2D eigenvalue weighted by Crippen LogP contribution is 2.26. The molecule has 0 amide bonds. The molecule has 0 aliphatic rings. The lowest BCUT2D eigenvalue weighted by molar-refractivity contribution is -0.144. The zero-order valence-corrected chi connectivity index (χ0v) is 12.5. The lowest BCUT2D eigenvalue weighted by Crippen LogP contribution is -2.22. The third kappa shape index (κ3) is 2.90. The number of aliphatic hydroxyl groups is 1. The highest BCUT2D eigenvalue weighted by atomic mass is 19.4. The van der Waals surface area contributed by atoms with Crippen molar-refractivity contribution in [3.8, 4) is 0 Å². The second kappa shape index (κ2) is 5.75. The van der Waals surface area contributed by atoms with Crippen LogP contribution in [0.15, 0.2) is 41.2 Å². The van der Waals surface area contributed by atoms with Crippen molar-refractivity contribution < 1.29 is 18.3 Å². The molecular formula is C15H13F3N4O2. The molecule has 0 radical (unpaired) electrons. The molecule has 24 heavy (non-hydrogen) atoms. The van der Waals surface area contributed by atoms with E-state index in [0.29, 0.717) is 15.8 Å². The Morgan fingerprint density at radius 3 is 2.54 bits per heavy atom. The summed E-state index contributed by atoms with van der Waals surface area (Å²) in [7, 11) is 0. The van der Waals surface area contributed by atoms with Gasteiger partial charge < -0.3 is 9.67 Å². The van der Waals surface area contributed by atoms with E-state index in [9.17, 15) is 23.1 Å². The van der Waals surface area contributed by atoms with Crippen molar-refractivity contribution in [3.05, 3.63) is 63.8 Å². The topological polar surface area (TPSA) is 72.4 Å². The van der Waals surface area contributed by atoms with Crippen LogP contribution in [0, 0.1) is 6.92 Å². The molecule has 1 atom stereocenters. The number of nitrogens with zero attached hydrogens (tertiary/aromatic N) is 4. The zero-order chi connectivity index (χ0) is 17.5. The Morgan fingerprint density at radius 1 is 1.25 bits per heavy atom. The molecule has 126 valence electrons. The van der Waals surface area contributed by atoms with Gasteiger partial charge in [0.1, 0.15) is 0 Å². The summed E-state index contributed by atoms with van der Waals surface area (Å²) in [5.74, 6) is -1.66. The third-order valence-electron chi connectivity index (χ3n) is 3.59. The first kappa shape index (κ1) is 16.2. The Labute approximate surface area is 133 Å². The molecule has 0 bridgehead atoms. The van der Waals surface area contributed by atoms with Crippen molar-refractivity contribution in [1.29, 1.82) is 0 Å². The van der Waals surface area contributed by atoms with Gasteiger partial charge in [0, 0.05) is 11.8 Å². The van der Waals surface area contributed by atoms with Crippen molar-refractivity contribution in [2.24, 2.45) is 0 Å². The molecule has 3 rings (SSSR count). The summed E-state index contributed by atoms with van der Waals surface area (Å²) in [6.45, 7) is 1.50. The smallest absolute Gasteiger partial charge is 0.387 e. The van der Waals surface area contributed by atoms with Gasteiger partial charge in [-0.15, -0.1) is 5.10 Å². The van der Waals surface area contributed by atoms with Crippen molar-refractivity contribution in [2.45, 2.75) is 25.7 Å². The number of fused-ring (bicyclic) bond motifs is 1. The minimum absolute atomic E-state index is 0.0599. The number of aromatic nitrogens is 4. The summed E-state index contributed by atoms with van der Waals surface area (Å²) in [5, 5.41) is 13.5. The van der Waals surface area contributed by atoms with E-state index < -0.39 is 23.7 Å². The Morgan fingerprint density at radius 2 is 1.92 bits per heavy atom. The van der Waals surface area contributed by atoms with Gasteiger partial charge in [-0.25, -0.2) is 0 Å². The average Bonchev–Trinajstić information content (AvgIpc) is 2.98. The molecule has 0 aliphatic carbocycles. The van der Waals surface area contributed by atoms with Crippen LogP contribution in [0.5, 0.6) is 0 Å². The van der Waals surface area contributed by atoms with E-state index in [1.165, 1.54) is 4.57 Å². The fraction of sp³-hybridized carbons (Fsp3) is 0.267. The summed E-state index contributed by atoms with van der Waals surface area (Å²) in [4.78, 5) is 15.3. The quantitative estimate of drug-likeness (QED) is 0.792. The largest absolute Gasteiger partial charge is 0.453 e. The predicted molar refractivity (Wildman–Crippen MR) is 78.4 cm³/mol. The number of aliphatic hydroxyl groups excluding tert-OH is 1. The first-order valence-corrected chi connectivity index (χ1v) is 7.05. The molecule has 1 aromatic carbocycles. The summed E-state index contributed by atoms with van der Waals surface area (Å²) < 4.78 is 40.4. The van der Waals surface area contributed by atoms with Gasteiger partial charge >= 0.3 is 6.18 Å². The van der Waals surface area contributed by atoms with Crippen molar-refractivity contribution >= 4 is 5.78 Å². The van der Waals surface area contributed by atoms with Crippen LogP contribution in [-0.2, 0) is 12.7 Å². The Hall–Kier alpha value is -2.68. The van der Waals surface area contributed by atoms with E-state index in [2.05, 4.69) is 10.1 Å². The molecule has 0 spiro atoms. The van der Waals surface area contributed by atoms with Crippen LogP contribution in [-0.4, -0.2) is 24.3 Å². The number of hydrogen-bond acceptors (Lipinski definition) is 4. The lowest BCUT2D eigenvalue weighted by atomic mass is 10.1. The van der Waals surface area contributed by atoms with E-state index in [1.54, 1.807) is 37.3 Å². The molecular weight excluding hydrogens is 325 g/mol. The van der Waals surface area contributed by atoms with Gasteiger partial charge in [0.05, 0.1) is 12.6 Å². The van der Waals surface area contributed by atoms with Gasteiger partial charge in [-0.2, -0.15) is 22.7 Å². The summed E-state index contributed by atoms with van der Waals surface area (Å²) in [6, 6.07) is 9.82. The van der Waals surface area contributed by atoms with Crippen LogP contribution in [0.4, 0.5) is 13.2 Å². The first-order chi connectivity index (χ1) is 11.3. The average molecular weight is 338 g/mol. The van der Waals surface area contributed by atoms with Crippen molar-refractivity contribution in [3.63, 3.8) is 0 Å². The monoisotopic (exact) mass is 338 g/mol. The van der Waals surface area contributed by atoms with Crippen LogP contribution < -0.4 is 5.56 Å². The maximum Gasteiger partial charge on any atom is 0.453 e. The third-order valence-corrected chi connectivity index (χ3v) is 3.59. The SMILES string of the molecule is Cc1cc(=O)n2nc(C(F)(F)F)nc2n1CC(O)c1ccccc1. The number of alkyl halides is 3. The molecule has 0 saturated carbocycles. The maximum atomic E-state index is 12.8. The summed E-state index contributed by atoms with van der Waals surface area (Å²) >= 11 is 0.